The lowest BCUT2D eigenvalue weighted by Gasteiger charge is -2.28. The van der Waals surface area contributed by atoms with E-state index in [4.69, 9.17) is 5.73 Å². The third kappa shape index (κ3) is 3.67. The van der Waals surface area contributed by atoms with Crippen LogP contribution >= 0.6 is 15.9 Å². The highest BCUT2D eigenvalue weighted by molar-refractivity contribution is 9.10. The van der Waals surface area contributed by atoms with Crippen molar-refractivity contribution in [3.63, 3.8) is 0 Å². The number of benzene rings is 1. The molecule has 1 aromatic rings. The first kappa shape index (κ1) is 16.5. The van der Waals surface area contributed by atoms with Gasteiger partial charge in [0.05, 0.1) is 6.04 Å². The Hall–Kier alpha value is -0.870. The van der Waals surface area contributed by atoms with Crippen LogP contribution in [0.2, 0.25) is 0 Å². The largest absolute Gasteiger partial charge is 0.344 e. The average Bonchev–Trinajstić information content (AvgIpc) is 3.26. The zero-order chi connectivity index (χ0) is 15.6. The molecule has 0 aliphatic heterocycles. The van der Waals surface area contributed by atoms with Gasteiger partial charge in [0.25, 0.3) is 0 Å². The summed E-state index contributed by atoms with van der Waals surface area (Å²) in [5, 5.41) is 0. The van der Waals surface area contributed by atoms with Crippen molar-refractivity contribution < 1.29 is 4.79 Å². The summed E-state index contributed by atoms with van der Waals surface area (Å²) in [5.74, 6) is 0.288. The topological polar surface area (TPSA) is 46.3 Å². The van der Waals surface area contributed by atoms with Crippen LogP contribution in [-0.4, -0.2) is 30.4 Å². The highest BCUT2D eigenvalue weighted by Crippen LogP contribution is 2.48. The smallest absolute Gasteiger partial charge is 0.239 e. The molecule has 0 spiro atoms. The van der Waals surface area contributed by atoms with Crippen molar-refractivity contribution in [1.29, 1.82) is 0 Å². The molecule has 2 unspecified atom stereocenters. The average molecular weight is 353 g/mol. The minimum Gasteiger partial charge on any atom is -0.344 e. The van der Waals surface area contributed by atoms with Crippen LogP contribution in [0.25, 0.3) is 0 Å². The zero-order valence-electron chi connectivity index (χ0n) is 13.1. The highest BCUT2D eigenvalue weighted by atomic mass is 79.9. The Kier molecular flexibility index (Phi) is 5.10. The van der Waals surface area contributed by atoms with Crippen molar-refractivity contribution in [2.45, 2.75) is 44.6 Å². The predicted octanol–water partition coefficient (Wildman–Crippen LogP) is 3.31. The van der Waals surface area contributed by atoms with Gasteiger partial charge in [0, 0.05) is 23.5 Å². The lowest BCUT2D eigenvalue weighted by atomic mass is 9.94. The fraction of sp³-hybridized carbons (Fsp3) is 0.588. The molecule has 3 nitrogen and oxygen atoms in total. The van der Waals surface area contributed by atoms with Crippen LogP contribution < -0.4 is 5.73 Å². The Morgan fingerprint density at radius 1 is 1.38 bits per heavy atom. The van der Waals surface area contributed by atoms with E-state index in [1.54, 1.807) is 0 Å². The van der Waals surface area contributed by atoms with Crippen molar-refractivity contribution in [3.8, 4) is 0 Å². The third-order valence-electron chi connectivity index (χ3n) is 4.77. The van der Waals surface area contributed by atoms with Gasteiger partial charge in [-0.2, -0.15) is 0 Å². The Balaban J connectivity index is 2.03. The Morgan fingerprint density at radius 2 is 1.95 bits per heavy atom. The maximum Gasteiger partial charge on any atom is 0.239 e. The zero-order valence-corrected chi connectivity index (χ0v) is 14.7. The van der Waals surface area contributed by atoms with Gasteiger partial charge in [-0.1, -0.05) is 48.3 Å². The summed E-state index contributed by atoms with van der Waals surface area (Å²) in [6.07, 6.45) is 3.22. The molecule has 4 heteroatoms. The van der Waals surface area contributed by atoms with Crippen molar-refractivity contribution in [3.05, 3.63) is 34.3 Å². The van der Waals surface area contributed by atoms with Gasteiger partial charge in [-0.15, -0.1) is 0 Å². The van der Waals surface area contributed by atoms with Crippen molar-refractivity contribution in [2.75, 3.05) is 13.6 Å². The summed E-state index contributed by atoms with van der Waals surface area (Å²) in [6.45, 7) is 4.87. The Morgan fingerprint density at radius 3 is 2.43 bits per heavy atom. The third-order valence-corrected chi connectivity index (χ3v) is 5.30. The van der Waals surface area contributed by atoms with E-state index < -0.39 is 0 Å². The standard InChI is InChI=1S/C17H25BrN2O/c1-4-12(2)15(19)16(21)20(3)11-17(9-10-17)13-5-7-14(18)8-6-13/h5-8,12,15H,4,9-11,19H2,1-3H3. The molecule has 1 amide bonds. The van der Waals surface area contributed by atoms with Gasteiger partial charge in [0.1, 0.15) is 0 Å². The molecule has 1 saturated carbocycles. The molecule has 0 bridgehead atoms. The first-order valence-electron chi connectivity index (χ1n) is 7.66. The molecular weight excluding hydrogens is 328 g/mol. The lowest BCUT2D eigenvalue weighted by molar-refractivity contribution is -0.132. The molecule has 0 aromatic heterocycles. The molecule has 1 aliphatic rings. The molecule has 0 heterocycles. The summed E-state index contributed by atoms with van der Waals surface area (Å²) < 4.78 is 1.09. The normalized spacial score (nSPS) is 18.9. The van der Waals surface area contributed by atoms with E-state index in [2.05, 4.69) is 47.1 Å². The van der Waals surface area contributed by atoms with Crippen LogP contribution in [0.5, 0.6) is 0 Å². The number of hydrogen-bond acceptors (Lipinski definition) is 2. The molecular formula is C17H25BrN2O. The van der Waals surface area contributed by atoms with E-state index in [9.17, 15) is 4.79 Å². The van der Waals surface area contributed by atoms with E-state index in [0.717, 1.165) is 30.3 Å². The van der Waals surface area contributed by atoms with Crippen LogP contribution in [0.1, 0.15) is 38.7 Å². The molecule has 21 heavy (non-hydrogen) atoms. The first-order chi connectivity index (χ1) is 9.89. The second kappa shape index (κ2) is 6.49. The monoisotopic (exact) mass is 352 g/mol. The number of nitrogens with zero attached hydrogens (tertiary/aromatic N) is 1. The van der Waals surface area contributed by atoms with Crippen molar-refractivity contribution >= 4 is 21.8 Å². The molecule has 1 fully saturated rings. The van der Waals surface area contributed by atoms with Gasteiger partial charge in [-0.25, -0.2) is 0 Å². The number of halogens is 1. The summed E-state index contributed by atoms with van der Waals surface area (Å²) in [7, 11) is 1.88. The number of hydrogen-bond donors (Lipinski definition) is 1. The highest BCUT2D eigenvalue weighted by Gasteiger charge is 2.46. The lowest BCUT2D eigenvalue weighted by Crippen LogP contribution is -2.47. The van der Waals surface area contributed by atoms with Gasteiger partial charge in [0.15, 0.2) is 0 Å². The molecule has 2 rings (SSSR count). The van der Waals surface area contributed by atoms with Crippen LogP contribution in [0, 0.1) is 5.92 Å². The number of rotatable bonds is 6. The second-order valence-electron chi connectivity index (χ2n) is 6.39. The number of carbonyl (C=O) groups excluding carboxylic acids is 1. The van der Waals surface area contributed by atoms with Gasteiger partial charge < -0.3 is 10.6 Å². The van der Waals surface area contributed by atoms with E-state index in [0.29, 0.717) is 0 Å². The number of nitrogens with two attached hydrogens (primary N) is 1. The maximum absolute atomic E-state index is 12.4. The molecule has 0 saturated heterocycles. The van der Waals surface area contributed by atoms with Crippen molar-refractivity contribution in [2.24, 2.45) is 11.7 Å². The number of likely N-dealkylation sites (N-methyl/N-ethyl adjacent to an activating group) is 1. The summed E-state index contributed by atoms with van der Waals surface area (Å²) in [5.41, 5.74) is 7.53. The second-order valence-corrected chi connectivity index (χ2v) is 7.31. The van der Waals surface area contributed by atoms with E-state index in [-0.39, 0.29) is 23.3 Å². The number of carbonyl (C=O) groups is 1. The molecule has 1 aliphatic carbocycles. The van der Waals surface area contributed by atoms with Crippen molar-refractivity contribution in [1.82, 2.24) is 4.90 Å². The minimum atomic E-state index is -0.388. The SMILES string of the molecule is CCC(C)C(N)C(=O)N(C)CC1(c2ccc(Br)cc2)CC1. The summed E-state index contributed by atoms with van der Waals surface area (Å²) >= 11 is 3.47. The van der Waals surface area contributed by atoms with Gasteiger partial charge in [-0.05, 0) is 36.5 Å². The fourth-order valence-electron chi connectivity index (χ4n) is 2.78. The summed E-state index contributed by atoms with van der Waals surface area (Å²) in [6, 6.07) is 8.07. The van der Waals surface area contributed by atoms with E-state index in [1.165, 1.54) is 5.56 Å². The number of amides is 1. The maximum atomic E-state index is 12.4. The first-order valence-corrected chi connectivity index (χ1v) is 8.45. The quantitative estimate of drug-likeness (QED) is 0.853. The minimum absolute atomic E-state index is 0.0627. The van der Waals surface area contributed by atoms with Gasteiger partial charge >= 0.3 is 0 Å². The van der Waals surface area contributed by atoms with E-state index >= 15 is 0 Å². The van der Waals surface area contributed by atoms with Crippen LogP contribution in [0.15, 0.2) is 28.7 Å². The molecule has 1 aromatic carbocycles. The van der Waals surface area contributed by atoms with Crippen LogP contribution in [-0.2, 0) is 10.2 Å². The predicted molar refractivity (Wildman–Crippen MR) is 90.1 cm³/mol. The van der Waals surface area contributed by atoms with Crippen LogP contribution in [0.3, 0.4) is 0 Å². The van der Waals surface area contributed by atoms with Crippen LogP contribution in [0.4, 0.5) is 0 Å². The fourth-order valence-corrected chi connectivity index (χ4v) is 3.04. The summed E-state index contributed by atoms with van der Waals surface area (Å²) in [4.78, 5) is 14.3. The van der Waals surface area contributed by atoms with E-state index in [1.807, 2.05) is 18.9 Å². The Bertz CT molecular complexity index is 496. The van der Waals surface area contributed by atoms with Gasteiger partial charge in [-0.3, -0.25) is 4.79 Å². The Labute approximate surface area is 136 Å². The molecule has 0 radical (unpaired) electrons. The molecule has 116 valence electrons. The van der Waals surface area contributed by atoms with Gasteiger partial charge in [0.2, 0.25) is 5.91 Å². The molecule has 2 atom stereocenters. The molecule has 2 N–H and O–H groups in total.